The maximum absolute atomic E-state index is 12.4. The first-order valence-corrected chi connectivity index (χ1v) is 9.79. The molecule has 0 spiro atoms. The first-order chi connectivity index (χ1) is 11.5. The summed E-state index contributed by atoms with van der Waals surface area (Å²) in [4.78, 5) is 14.3. The predicted octanol–water partition coefficient (Wildman–Crippen LogP) is 1.77. The lowest BCUT2D eigenvalue weighted by atomic mass is 9.89. The topological polar surface area (TPSA) is 86.3 Å². The van der Waals surface area contributed by atoms with Gasteiger partial charge in [-0.1, -0.05) is 31.0 Å². The van der Waals surface area contributed by atoms with Crippen molar-refractivity contribution in [2.45, 2.75) is 69.2 Å². The number of carbonyl (C=O) groups is 1. The van der Waals surface area contributed by atoms with Crippen LogP contribution in [0.2, 0.25) is 0 Å². The van der Waals surface area contributed by atoms with Crippen molar-refractivity contribution >= 4 is 17.7 Å². The van der Waals surface area contributed by atoms with Crippen LogP contribution in [0.1, 0.15) is 57.7 Å². The number of morpholine rings is 1. The smallest absolute Gasteiger partial charge is 0.233 e. The number of carbonyl (C=O) groups excluding carboxylic acids is 1. The van der Waals surface area contributed by atoms with Crippen LogP contribution in [0.3, 0.4) is 0 Å². The lowest BCUT2D eigenvalue weighted by molar-refractivity contribution is -0.140. The van der Waals surface area contributed by atoms with Gasteiger partial charge in [0.25, 0.3) is 0 Å². The summed E-state index contributed by atoms with van der Waals surface area (Å²) >= 11 is 1.37. The van der Waals surface area contributed by atoms with E-state index in [0.29, 0.717) is 29.9 Å². The van der Waals surface area contributed by atoms with Gasteiger partial charge in [0.05, 0.1) is 18.0 Å². The molecule has 7 nitrogen and oxygen atoms in total. The Labute approximate surface area is 147 Å². The van der Waals surface area contributed by atoms with Crippen molar-refractivity contribution in [3.63, 3.8) is 0 Å². The molecule has 1 saturated carbocycles. The van der Waals surface area contributed by atoms with Crippen molar-refractivity contribution in [3.05, 3.63) is 5.82 Å². The van der Waals surface area contributed by atoms with Crippen molar-refractivity contribution in [1.82, 2.24) is 19.8 Å². The average Bonchev–Trinajstić information content (AvgIpc) is 2.93. The zero-order chi connectivity index (χ0) is 17.1. The number of nitrogens with zero attached hydrogens (tertiary/aromatic N) is 4. The van der Waals surface area contributed by atoms with Gasteiger partial charge in [0.1, 0.15) is 0 Å². The Morgan fingerprint density at radius 3 is 2.54 bits per heavy atom. The number of rotatable bonds is 4. The normalized spacial score (nSPS) is 25.8. The van der Waals surface area contributed by atoms with Gasteiger partial charge in [0, 0.05) is 19.0 Å². The lowest BCUT2D eigenvalue weighted by Gasteiger charge is -2.35. The average molecular weight is 353 g/mol. The Morgan fingerprint density at radius 1 is 1.21 bits per heavy atom. The molecule has 8 heteroatoms. The van der Waals surface area contributed by atoms with Gasteiger partial charge >= 0.3 is 0 Å². The summed E-state index contributed by atoms with van der Waals surface area (Å²) < 4.78 is 7.25. The molecule has 2 N–H and O–H groups in total. The molecule has 0 aromatic carbocycles. The van der Waals surface area contributed by atoms with Gasteiger partial charge in [0.15, 0.2) is 5.82 Å². The second-order valence-corrected chi connectivity index (χ2v) is 7.83. The first-order valence-electron chi connectivity index (χ1n) is 8.81. The number of amides is 1. The Hall–Kier alpha value is -1.28. The molecule has 1 saturated heterocycles. The van der Waals surface area contributed by atoms with Gasteiger partial charge < -0.3 is 15.5 Å². The minimum absolute atomic E-state index is 0.0822. The summed E-state index contributed by atoms with van der Waals surface area (Å²) in [5.41, 5.74) is 0. The van der Waals surface area contributed by atoms with E-state index in [1.54, 1.807) is 4.68 Å². The van der Waals surface area contributed by atoms with Crippen molar-refractivity contribution in [2.24, 2.45) is 0 Å². The standard InChI is InChI=1S/C16H27N5O2S/c1-11-8-20(9-12(2)23-11)14(22)10-24-16-19-18-15(21(16)17)13-6-4-3-5-7-13/h11-13H,3-10,17H2,1-2H3/t11-,12-/m0/s1. The molecular weight excluding hydrogens is 326 g/mol. The van der Waals surface area contributed by atoms with Gasteiger partial charge in [-0.3, -0.25) is 4.79 Å². The Balaban J connectivity index is 1.56. The van der Waals surface area contributed by atoms with E-state index < -0.39 is 0 Å². The van der Waals surface area contributed by atoms with Crippen molar-refractivity contribution < 1.29 is 9.53 Å². The predicted molar refractivity (Wildman–Crippen MR) is 93.3 cm³/mol. The lowest BCUT2D eigenvalue weighted by Crippen LogP contribution is -2.48. The van der Waals surface area contributed by atoms with E-state index in [0.717, 1.165) is 18.7 Å². The number of hydrogen-bond acceptors (Lipinski definition) is 6. The second kappa shape index (κ2) is 7.74. The minimum atomic E-state index is 0.0822. The summed E-state index contributed by atoms with van der Waals surface area (Å²) in [5.74, 6) is 7.87. The molecule has 3 rings (SSSR count). The molecule has 0 bridgehead atoms. The molecule has 1 aliphatic carbocycles. The Kier molecular flexibility index (Phi) is 5.65. The Bertz CT molecular complexity index is 563. The van der Waals surface area contributed by atoms with Crippen LogP contribution in [0.5, 0.6) is 0 Å². The summed E-state index contributed by atoms with van der Waals surface area (Å²) in [5, 5.41) is 9.09. The summed E-state index contributed by atoms with van der Waals surface area (Å²) in [7, 11) is 0. The van der Waals surface area contributed by atoms with Gasteiger partial charge in [-0.25, -0.2) is 4.68 Å². The van der Waals surface area contributed by atoms with Crippen molar-refractivity contribution in [2.75, 3.05) is 24.7 Å². The molecule has 2 heterocycles. The highest BCUT2D eigenvalue weighted by Gasteiger charge is 2.27. The summed E-state index contributed by atoms with van der Waals surface area (Å²) in [6.07, 6.45) is 6.17. The fourth-order valence-electron chi connectivity index (χ4n) is 3.63. The molecule has 2 aliphatic rings. The van der Waals surface area contributed by atoms with Crippen LogP contribution in [-0.2, 0) is 9.53 Å². The Morgan fingerprint density at radius 2 is 1.88 bits per heavy atom. The van der Waals surface area contributed by atoms with Crippen LogP contribution in [0.4, 0.5) is 0 Å². The molecule has 2 fully saturated rings. The third-order valence-corrected chi connectivity index (χ3v) is 5.69. The van der Waals surface area contributed by atoms with Crippen LogP contribution in [0, 0.1) is 0 Å². The largest absolute Gasteiger partial charge is 0.372 e. The maximum Gasteiger partial charge on any atom is 0.233 e. The highest BCUT2D eigenvalue weighted by molar-refractivity contribution is 7.99. The monoisotopic (exact) mass is 353 g/mol. The summed E-state index contributed by atoms with van der Waals surface area (Å²) in [6.45, 7) is 5.28. The molecule has 1 aliphatic heterocycles. The highest BCUT2D eigenvalue weighted by atomic mass is 32.2. The number of nitrogen functional groups attached to an aromatic ring is 1. The number of ether oxygens (including phenoxy) is 1. The van der Waals surface area contributed by atoms with E-state index in [1.807, 2.05) is 18.7 Å². The maximum atomic E-state index is 12.4. The van der Waals surface area contributed by atoms with Gasteiger partial charge in [-0.15, -0.1) is 10.2 Å². The van der Waals surface area contributed by atoms with E-state index >= 15 is 0 Å². The van der Waals surface area contributed by atoms with Crippen LogP contribution >= 0.6 is 11.8 Å². The molecular formula is C16H27N5O2S. The number of aromatic nitrogens is 3. The van der Waals surface area contributed by atoms with Crippen LogP contribution < -0.4 is 5.84 Å². The molecule has 0 radical (unpaired) electrons. The molecule has 1 aromatic heterocycles. The van der Waals surface area contributed by atoms with Gasteiger partial charge in [-0.05, 0) is 26.7 Å². The zero-order valence-corrected chi connectivity index (χ0v) is 15.3. The van der Waals surface area contributed by atoms with Gasteiger partial charge in [0.2, 0.25) is 11.1 Å². The van der Waals surface area contributed by atoms with Crippen LogP contribution in [-0.4, -0.2) is 56.7 Å². The van der Waals surface area contributed by atoms with E-state index in [4.69, 9.17) is 10.6 Å². The number of thioether (sulfide) groups is 1. The molecule has 1 aromatic rings. The first kappa shape index (κ1) is 17.5. The quantitative estimate of drug-likeness (QED) is 0.656. The molecule has 0 unspecified atom stereocenters. The molecule has 1 amide bonds. The van der Waals surface area contributed by atoms with Crippen molar-refractivity contribution in [1.29, 1.82) is 0 Å². The van der Waals surface area contributed by atoms with Gasteiger partial charge in [-0.2, -0.15) is 0 Å². The fraction of sp³-hybridized carbons (Fsp3) is 0.812. The second-order valence-electron chi connectivity index (χ2n) is 6.89. The van der Waals surface area contributed by atoms with E-state index in [1.165, 1.54) is 31.0 Å². The van der Waals surface area contributed by atoms with E-state index in [2.05, 4.69) is 10.2 Å². The number of hydrogen-bond donors (Lipinski definition) is 1. The molecule has 2 atom stereocenters. The third-order valence-electron chi connectivity index (χ3n) is 4.76. The zero-order valence-electron chi connectivity index (χ0n) is 14.5. The highest BCUT2D eigenvalue weighted by Crippen LogP contribution is 2.32. The van der Waals surface area contributed by atoms with E-state index in [-0.39, 0.29) is 18.1 Å². The van der Waals surface area contributed by atoms with Crippen LogP contribution in [0.25, 0.3) is 0 Å². The molecule has 134 valence electrons. The SMILES string of the molecule is C[C@H]1CN(C(=O)CSc2nnc(C3CCCCC3)n2N)C[C@H](C)O1. The fourth-order valence-corrected chi connectivity index (χ4v) is 4.39. The van der Waals surface area contributed by atoms with Crippen molar-refractivity contribution in [3.8, 4) is 0 Å². The van der Waals surface area contributed by atoms with E-state index in [9.17, 15) is 4.79 Å². The summed E-state index contributed by atoms with van der Waals surface area (Å²) in [6, 6.07) is 0. The molecule has 24 heavy (non-hydrogen) atoms. The minimum Gasteiger partial charge on any atom is -0.372 e. The van der Waals surface area contributed by atoms with Crippen LogP contribution in [0.15, 0.2) is 5.16 Å². The third kappa shape index (κ3) is 4.03. The number of nitrogens with two attached hydrogens (primary N) is 1.